The number of ether oxygens (including phenoxy) is 1. The Labute approximate surface area is 164 Å². The molecule has 1 aromatic heterocycles. The minimum atomic E-state index is -0.215. The summed E-state index contributed by atoms with van der Waals surface area (Å²) in [6, 6.07) is 20.0. The van der Waals surface area contributed by atoms with Crippen LogP contribution in [-0.2, 0) is 6.61 Å². The molecule has 0 radical (unpaired) electrons. The molecule has 5 nitrogen and oxygen atoms in total. The van der Waals surface area contributed by atoms with Crippen LogP contribution in [0.3, 0.4) is 0 Å². The largest absolute Gasteiger partial charge is 0.489 e. The number of benzene rings is 3. The summed E-state index contributed by atoms with van der Waals surface area (Å²) >= 11 is 7.24. The summed E-state index contributed by atoms with van der Waals surface area (Å²) in [4.78, 5) is 12.5. The van der Waals surface area contributed by atoms with Gasteiger partial charge in [-0.3, -0.25) is 4.79 Å². The SMILES string of the molecule is O=C(Nc1cccc2nsnc12)c1ccc(OCc2ccccc2Cl)cc1. The molecule has 0 aliphatic rings. The monoisotopic (exact) mass is 395 g/mol. The van der Waals surface area contributed by atoms with Crippen molar-refractivity contribution in [3.05, 3.63) is 82.9 Å². The second-order valence-corrected chi connectivity index (χ2v) is 6.73. The van der Waals surface area contributed by atoms with E-state index >= 15 is 0 Å². The number of carbonyl (C=O) groups excluding carboxylic acids is 1. The van der Waals surface area contributed by atoms with Crippen LogP contribution in [0.1, 0.15) is 15.9 Å². The molecule has 0 atom stereocenters. The number of hydrogen-bond acceptors (Lipinski definition) is 5. The molecule has 0 unspecified atom stereocenters. The summed E-state index contributed by atoms with van der Waals surface area (Å²) < 4.78 is 14.1. The Morgan fingerprint density at radius 2 is 1.81 bits per heavy atom. The van der Waals surface area contributed by atoms with Crippen LogP contribution in [0.5, 0.6) is 5.75 Å². The number of carbonyl (C=O) groups is 1. The highest BCUT2D eigenvalue weighted by atomic mass is 35.5. The highest BCUT2D eigenvalue weighted by Gasteiger charge is 2.11. The van der Waals surface area contributed by atoms with Gasteiger partial charge in [0.2, 0.25) is 0 Å². The Morgan fingerprint density at radius 3 is 2.63 bits per heavy atom. The lowest BCUT2D eigenvalue weighted by Gasteiger charge is -2.09. The average molecular weight is 396 g/mol. The maximum atomic E-state index is 12.5. The first kappa shape index (κ1) is 17.5. The summed E-state index contributed by atoms with van der Waals surface area (Å²) in [7, 11) is 0. The van der Waals surface area contributed by atoms with Gasteiger partial charge in [-0.15, -0.1) is 0 Å². The highest BCUT2D eigenvalue weighted by Crippen LogP contribution is 2.23. The van der Waals surface area contributed by atoms with Crippen molar-refractivity contribution in [3.63, 3.8) is 0 Å². The van der Waals surface area contributed by atoms with Gasteiger partial charge in [0.05, 0.1) is 17.4 Å². The molecular formula is C20H14ClN3O2S. The smallest absolute Gasteiger partial charge is 0.255 e. The van der Waals surface area contributed by atoms with Crippen molar-refractivity contribution < 1.29 is 9.53 Å². The Kier molecular flexibility index (Phi) is 5.00. The molecule has 0 fully saturated rings. The van der Waals surface area contributed by atoms with E-state index < -0.39 is 0 Å². The second kappa shape index (κ2) is 7.73. The minimum absolute atomic E-state index is 0.215. The molecule has 1 N–H and O–H groups in total. The zero-order valence-corrected chi connectivity index (χ0v) is 15.6. The lowest BCUT2D eigenvalue weighted by atomic mass is 10.2. The Morgan fingerprint density at radius 1 is 1.00 bits per heavy atom. The van der Waals surface area contributed by atoms with Gasteiger partial charge in [0, 0.05) is 16.1 Å². The third kappa shape index (κ3) is 3.92. The molecule has 4 rings (SSSR count). The first-order chi connectivity index (χ1) is 13.2. The van der Waals surface area contributed by atoms with E-state index in [2.05, 4.69) is 14.1 Å². The normalized spacial score (nSPS) is 10.7. The highest BCUT2D eigenvalue weighted by molar-refractivity contribution is 7.00. The fourth-order valence-electron chi connectivity index (χ4n) is 2.58. The maximum absolute atomic E-state index is 12.5. The molecule has 0 aliphatic carbocycles. The van der Waals surface area contributed by atoms with Gasteiger partial charge in [-0.25, -0.2) is 0 Å². The first-order valence-electron chi connectivity index (χ1n) is 8.19. The van der Waals surface area contributed by atoms with E-state index in [-0.39, 0.29) is 5.91 Å². The minimum Gasteiger partial charge on any atom is -0.489 e. The van der Waals surface area contributed by atoms with Gasteiger partial charge in [-0.2, -0.15) is 8.75 Å². The fourth-order valence-corrected chi connectivity index (χ4v) is 3.32. The van der Waals surface area contributed by atoms with Crippen molar-refractivity contribution >= 4 is 46.0 Å². The molecule has 0 bridgehead atoms. The molecule has 1 heterocycles. The Balaban J connectivity index is 1.43. The standard InChI is InChI=1S/C20H14ClN3O2S/c21-16-5-2-1-4-14(16)12-26-15-10-8-13(9-11-15)20(25)22-17-6-3-7-18-19(17)24-27-23-18/h1-11H,12H2,(H,22,25). The summed E-state index contributed by atoms with van der Waals surface area (Å²) in [5.74, 6) is 0.449. The van der Waals surface area contributed by atoms with E-state index in [1.807, 2.05) is 42.5 Å². The van der Waals surface area contributed by atoms with Gasteiger partial charge in [-0.05, 0) is 42.5 Å². The summed E-state index contributed by atoms with van der Waals surface area (Å²) in [5, 5.41) is 3.54. The van der Waals surface area contributed by atoms with Crippen LogP contribution in [-0.4, -0.2) is 14.7 Å². The van der Waals surface area contributed by atoms with Gasteiger partial charge < -0.3 is 10.1 Å². The number of nitrogens with zero attached hydrogens (tertiary/aromatic N) is 2. The van der Waals surface area contributed by atoms with Crippen LogP contribution in [0.2, 0.25) is 5.02 Å². The number of nitrogens with one attached hydrogen (secondary N) is 1. The molecule has 0 spiro atoms. The molecule has 134 valence electrons. The number of halogens is 1. The molecule has 7 heteroatoms. The molecular weight excluding hydrogens is 382 g/mol. The predicted octanol–water partition coefficient (Wildman–Crippen LogP) is 5.18. The molecule has 0 aliphatic heterocycles. The number of hydrogen-bond donors (Lipinski definition) is 1. The molecule has 1 amide bonds. The van der Waals surface area contributed by atoms with E-state index in [1.165, 1.54) is 0 Å². The third-order valence-electron chi connectivity index (χ3n) is 4.00. The van der Waals surface area contributed by atoms with Gasteiger partial charge in [-0.1, -0.05) is 35.9 Å². The number of fused-ring (bicyclic) bond motifs is 1. The van der Waals surface area contributed by atoms with Crippen molar-refractivity contribution in [3.8, 4) is 5.75 Å². The average Bonchev–Trinajstić information content (AvgIpc) is 3.18. The zero-order chi connectivity index (χ0) is 18.6. The van der Waals surface area contributed by atoms with Crippen molar-refractivity contribution in [1.82, 2.24) is 8.75 Å². The van der Waals surface area contributed by atoms with Crippen LogP contribution in [0, 0.1) is 0 Å². The van der Waals surface area contributed by atoms with Gasteiger partial charge in [0.1, 0.15) is 23.4 Å². The van der Waals surface area contributed by atoms with Crippen molar-refractivity contribution in [2.45, 2.75) is 6.61 Å². The van der Waals surface area contributed by atoms with E-state index in [9.17, 15) is 4.79 Å². The number of aromatic nitrogens is 2. The van der Waals surface area contributed by atoms with Crippen molar-refractivity contribution in [2.75, 3.05) is 5.32 Å². The lowest BCUT2D eigenvalue weighted by molar-refractivity contribution is 0.102. The summed E-state index contributed by atoms with van der Waals surface area (Å²) in [6.07, 6.45) is 0. The van der Waals surface area contributed by atoms with E-state index in [4.69, 9.17) is 16.3 Å². The summed E-state index contributed by atoms with van der Waals surface area (Å²) in [6.45, 7) is 0.365. The Hall–Kier alpha value is -2.96. The zero-order valence-electron chi connectivity index (χ0n) is 14.1. The fraction of sp³-hybridized carbons (Fsp3) is 0.0500. The van der Waals surface area contributed by atoms with E-state index in [1.54, 1.807) is 24.3 Å². The molecule has 3 aromatic carbocycles. The van der Waals surface area contributed by atoms with Crippen molar-refractivity contribution in [1.29, 1.82) is 0 Å². The lowest BCUT2D eigenvalue weighted by Crippen LogP contribution is -2.12. The van der Waals surface area contributed by atoms with Crippen LogP contribution in [0.4, 0.5) is 5.69 Å². The predicted molar refractivity (Wildman–Crippen MR) is 108 cm³/mol. The third-order valence-corrected chi connectivity index (χ3v) is 4.91. The number of amides is 1. The van der Waals surface area contributed by atoms with Crippen molar-refractivity contribution in [2.24, 2.45) is 0 Å². The van der Waals surface area contributed by atoms with E-state index in [0.717, 1.165) is 22.8 Å². The molecule has 27 heavy (non-hydrogen) atoms. The Bertz CT molecular complexity index is 1100. The van der Waals surface area contributed by atoms with Crippen LogP contribution >= 0.6 is 23.3 Å². The van der Waals surface area contributed by atoms with Crippen LogP contribution in [0.15, 0.2) is 66.7 Å². The molecule has 4 aromatic rings. The number of rotatable bonds is 5. The van der Waals surface area contributed by atoms with Gasteiger partial charge in [0.15, 0.2) is 0 Å². The van der Waals surface area contributed by atoms with Gasteiger partial charge in [0.25, 0.3) is 5.91 Å². The topological polar surface area (TPSA) is 64.1 Å². The maximum Gasteiger partial charge on any atom is 0.255 e. The summed E-state index contributed by atoms with van der Waals surface area (Å²) in [5.41, 5.74) is 3.54. The quantitative estimate of drug-likeness (QED) is 0.506. The molecule has 0 saturated heterocycles. The first-order valence-corrected chi connectivity index (χ1v) is 9.30. The van der Waals surface area contributed by atoms with E-state index in [0.29, 0.717) is 34.1 Å². The van der Waals surface area contributed by atoms with Gasteiger partial charge >= 0.3 is 0 Å². The van der Waals surface area contributed by atoms with Crippen LogP contribution in [0.25, 0.3) is 11.0 Å². The van der Waals surface area contributed by atoms with Crippen LogP contribution < -0.4 is 10.1 Å². The number of anilines is 1. The second-order valence-electron chi connectivity index (χ2n) is 5.80. The molecule has 0 saturated carbocycles.